The lowest BCUT2D eigenvalue weighted by molar-refractivity contribution is -0.121. The lowest BCUT2D eigenvalue weighted by atomic mass is 10.2. The van der Waals surface area contributed by atoms with Crippen LogP contribution in [0.5, 0.6) is 0 Å². The topological polar surface area (TPSA) is 75.7 Å². The van der Waals surface area contributed by atoms with E-state index in [0.29, 0.717) is 42.5 Å². The van der Waals surface area contributed by atoms with Crippen LogP contribution in [-0.2, 0) is 11.3 Å². The van der Waals surface area contributed by atoms with E-state index in [-0.39, 0.29) is 18.2 Å². The van der Waals surface area contributed by atoms with Gasteiger partial charge in [0.1, 0.15) is 17.3 Å². The summed E-state index contributed by atoms with van der Waals surface area (Å²) >= 11 is 0. The Morgan fingerprint density at radius 3 is 2.68 bits per heavy atom. The molecule has 0 aliphatic carbocycles. The number of nitrogens with one attached hydrogen (secondary N) is 1. The van der Waals surface area contributed by atoms with Gasteiger partial charge in [-0.3, -0.25) is 9.59 Å². The molecule has 0 radical (unpaired) electrons. The van der Waals surface area contributed by atoms with E-state index in [2.05, 4.69) is 12.2 Å². The normalized spacial score (nSPS) is 10.7. The van der Waals surface area contributed by atoms with Crippen LogP contribution in [0.15, 0.2) is 33.3 Å². The van der Waals surface area contributed by atoms with E-state index in [4.69, 9.17) is 8.83 Å². The molecule has 6 nitrogen and oxygen atoms in total. The molecule has 2 amide bonds. The second-order valence-corrected chi connectivity index (χ2v) is 6.09. The van der Waals surface area contributed by atoms with Crippen molar-refractivity contribution in [1.82, 2.24) is 10.2 Å². The van der Waals surface area contributed by atoms with E-state index in [0.717, 1.165) is 12.8 Å². The van der Waals surface area contributed by atoms with E-state index in [9.17, 15) is 9.59 Å². The minimum atomic E-state index is -0.160. The first-order chi connectivity index (χ1) is 12.0. The largest absolute Gasteiger partial charge is 0.467 e. The van der Waals surface area contributed by atoms with Gasteiger partial charge in [0.15, 0.2) is 0 Å². The van der Waals surface area contributed by atoms with E-state index in [1.165, 1.54) is 0 Å². The van der Waals surface area contributed by atoms with Gasteiger partial charge in [0, 0.05) is 19.5 Å². The summed E-state index contributed by atoms with van der Waals surface area (Å²) in [4.78, 5) is 26.5. The average molecular weight is 346 g/mol. The number of rotatable bonds is 9. The molecule has 136 valence electrons. The maximum Gasteiger partial charge on any atom is 0.257 e. The zero-order valence-electron chi connectivity index (χ0n) is 15.1. The zero-order valence-corrected chi connectivity index (χ0v) is 15.1. The quantitative estimate of drug-likeness (QED) is 0.706. The molecule has 0 bridgehead atoms. The number of hydrogen-bond donors (Lipinski definition) is 1. The Bertz CT molecular complexity index is 688. The highest BCUT2D eigenvalue weighted by Gasteiger charge is 2.22. The van der Waals surface area contributed by atoms with Crippen LogP contribution in [0.3, 0.4) is 0 Å². The van der Waals surface area contributed by atoms with Crippen molar-refractivity contribution in [3.63, 3.8) is 0 Å². The molecule has 0 aliphatic heterocycles. The van der Waals surface area contributed by atoms with E-state index < -0.39 is 0 Å². The number of aryl methyl sites for hydroxylation is 2. The summed E-state index contributed by atoms with van der Waals surface area (Å²) < 4.78 is 10.8. The number of nitrogens with zero attached hydrogens (tertiary/aromatic N) is 1. The van der Waals surface area contributed by atoms with Gasteiger partial charge in [-0.2, -0.15) is 0 Å². The van der Waals surface area contributed by atoms with Crippen LogP contribution in [0, 0.1) is 13.8 Å². The standard InChI is InChI=1S/C19H26N2O4/c1-4-5-9-20-18(22)8-10-21(13-16-7-6-11-24-16)19(23)17-12-14(2)25-15(17)3/h6-7,11-12H,4-5,8-10,13H2,1-3H3,(H,20,22). The van der Waals surface area contributed by atoms with Crippen LogP contribution >= 0.6 is 0 Å². The van der Waals surface area contributed by atoms with Crippen LogP contribution in [0.2, 0.25) is 0 Å². The number of hydrogen-bond acceptors (Lipinski definition) is 4. The van der Waals surface area contributed by atoms with Crippen LogP contribution < -0.4 is 5.32 Å². The highest BCUT2D eigenvalue weighted by atomic mass is 16.3. The number of unbranched alkanes of at least 4 members (excludes halogenated alkanes) is 1. The third-order valence-electron chi connectivity index (χ3n) is 3.95. The minimum Gasteiger partial charge on any atom is -0.467 e. The smallest absolute Gasteiger partial charge is 0.257 e. The fourth-order valence-corrected chi connectivity index (χ4v) is 2.59. The maximum absolute atomic E-state index is 12.9. The molecular formula is C19H26N2O4. The van der Waals surface area contributed by atoms with Gasteiger partial charge >= 0.3 is 0 Å². The zero-order chi connectivity index (χ0) is 18.2. The first-order valence-corrected chi connectivity index (χ1v) is 8.66. The van der Waals surface area contributed by atoms with Crippen molar-refractivity contribution in [2.24, 2.45) is 0 Å². The SMILES string of the molecule is CCCCNC(=O)CCN(Cc1ccco1)C(=O)c1cc(C)oc1C. The molecule has 1 N–H and O–H groups in total. The lowest BCUT2D eigenvalue weighted by Crippen LogP contribution is -2.35. The van der Waals surface area contributed by atoms with Gasteiger partial charge < -0.3 is 19.1 Å². The molecule has 2 rings (SSSR count). The Kier molecular flexibility index (Phi) is 6.86. The monoisotopic (exact) mass is 346 g/mol. The number of carbonyl (C=O) groups is 2. The summed E-state index contributed by atoms with van der Waals surface area (Å²) in [6.07, 6.45) is 3.81. The van der Waals surface area contributed by atoms with E-state index in [1.807, 2.05) is 13.0 Å². The Morgan fingerprint density at radius 1 is 1.28 bits per heavy atom. The Labute approximate surface area is 148 Å². The second kappa shape index (κ2) is 9.11. The molecule has 0 spiro atoms. The van der Waals surface area contributed by atoms with Crippen molar-refractivity contribution in [2.45, 2.75) is 46.6 Å². The lowest BCUT2D eigenvalue weighted by Gasteiger charge is -2.21. The Morgan fingerprint density at radius 2 is 2.08 bits per heavy atom. The van der Waals surface area contributed by atoms with Crippen molar-refractivity contribution in [3.05, 3.63) is 47.3 Å². The molecule has 0 aromatic carbocycles. The highest BCUT2D eigenvalue weighted by molar-refractivity contribution is 5.95. The van der Waals surface area contributed by atoms with Crippen molar-refractivity contribution in [3.8, 4) is 0 Å². The van der Waals surface area contributed by atoms with Gasteiger partial charge in [-0.1, -0.05) is 13.3 Å². The second-order valence-electron chi connectivity index (χ2n) is 6.09. The minimum absolute atomic E-state index is 0.0502. The van der Waals surface area contributed by atoms with Crippen LogP contribution in [0.25, 0.3) is 0 Å². The molecule has 0 atom stereocenters. The first-order valence-electron chi connectivity index (χ1n) is 8.66. The van der Waals surface area contributed by atoms with Gasteiger partial charge in [0.2, 0.25) is 5.91 Å². The van der Waals surface area contributed by atoms with Gasteiger partial charge in [-0.25, -0.2) is 0 Å². The van der Waals surface area contributed by atoms with E-state index in [1.54, 1.807) is 30.2 Å². The first kappa shape index (κ1) is 18.8. The van der Waals surface area contributed by atoms with Gasteiger partial charge in [-0.15, -0.1) is 0 Å². The number of carbonyl (C=O) groups excluding carboxylic acids is 2. The third kappa shape index (κ3) is 5.52. The van der Waals surface area contributed by atoms with Gasteiger partial charge in [0.05, 0.1) is 18.4 Å². The summed E-state index contributed by atoms with van der Waals surface area (Å²) in [6, 6.07) is 5.33. The van der Waals surface area contributed by atoms with Crippen molar-refractivity contribution < 1.29 is 18.4 Å². The molecular weight excluding hydrogens is 320 g/mol. The summed E-state index contributed by atoms with van der Waals surface area (Å²) in [5.74, 6) is 1.74. The molecule has 6 heteroatoms. The number of furan rings is 2. The Balaban J connectivity index is 2.03. The molecule has 0 saturated heterocycles. The third-order valence-corrected chi connectivity index (χ3v) is 3.95. The molecule has 25 heavy (non-hydrogen) atoms. The molecule has 2 heterocycles. The van der Waals surface area contributed by atoms with Crippen LogP contribution in [-0.4, -0.2) is 29.8 Å². The average Bonchev–Trinajstić information content (AvgIpc) is 3.20. The summed E-state index contributed by atoms with van der Waals surface area (Å²) in [7, 11) is 0. The molecule has 0 fully saturated rings. The van der Waals surface area contributed by atoms with Crippen molar-refractivity contribution in [2.75, 3.05) is 13.1 Å². The molecule has 0 aliphatic rings. The molecule has 2 aromatic heterocycles. The molecule has 2 aromatic rings. The summed E-state index contributed by atoms with van der Waals surface area (Å²) in [6.45, 7) is 6.95. The fraction of sp³-hybridized carbons (Fsp3) is 0.474. The van der Waals surface area contributed by atoms with E-state index >= 15 is 0 Å². The van der Waals surface area contributed by atoms with Gasteiger partial charge in [-0.05, 0) is 38.5 Å². The fourth-order valence-electron chi connectivity index (χ4n) is 2.59. The van der Waals surface area contributed by atoms with Crippen LogP contribution in [0.4, 0.5) is 0 Å². The molecule has 0 unspecified atom stereocenters. The summed E-state index contributed by atoms with van der Waals surface area (Å²) in [5.41, 5.74) is 0.524. The van der Waals surface area contributed by atoms with Gasteiger partial charge in [0.25, 0.3) is 5.91 Å². The Hall–Kier alpha value is -2.50. The predicted molar refractivity (Wildman–Crippen MR) is 94.2 cm³/mol. The van der Waals surface area contributed by atoms with Crippen LogP contribution in [0.1, 0.15) is 53.8 Å². The predicted octanol–water partition coefficient (Wildman–Crippen LogP) is 3.44. The van der Waals surface area contributed by atoms with Crippen molar-refractivity contribution >= 4 is 11.8 Å². The number of amides is 2. The van der Waals surface area contributed by atoms with Crippen molar-refractivity contribution in [1.29, 1.82) is 0 Å². The maximum atomic E-state index is 12.9. The highest BCUT2D eigenvalue weighted by Crippen LogP contribution is 2.18. The molecule has 0 saturated carbocycles. The summed E-state index contributed by atoms with van der Waals surface area (Å²) in [5, 5.41) is 2.87.